The number of urea groups is 1. The lowest BCUT2D eigenvalue weighted by Gasteiger charge is -2.41. The molecule has 292 valence electrons. The summed E-state index contributed by atoms with van der Waals surface area (Å²) in [6.45, 7) is 11.1. The van der Waals surface area contributed by atoms with Gasteiger partial charge in [0.05, 0.1) is 22.1 Å². The molecular formula is C41H65N3O7S. The molecule has 1 unspecified atom stereocenters. The number of likely N-dealkylation sites (tertiary alicyclic amines) is 1. The van der Waals surface area contributed by atoms with Crippen LogP contribution in [0.2, 0.25) is 0 Å². The first kappa shape index (κ1) is 40.6. The topological polar surface area (TPSA) is 147 Å². The molecule has 11 heteroatoms. The van der Waals surface area contributed by atoms with E-state index in [0.717, 1.165) is 77.0 Å². The maximum atomic E-state index is 15.0. The van der Waals surface area contributed by atoms with Gasteiger partial charge in [0.25, 0.3) is 0 Å². The summed E-state index contributed by atoms with van der Waals surface area (Å²) in [4.78, 5) is 71.3. The first-order chi connectivity index (χ1) is 24.6. The third-order valence-corrected chi connectivity index (χ3v) is 16.3. The zero-order valence-corrected chi connectivity index (χ0v) is 33.1. The maximum Gasteiger partial charge on any atom is 0.315 e. The second kappa shape index (κ2) is 16.4. The van der Waals surface area contributed by atoms with Crippen LogP contribution >= 0.6 is 0 Å². The zero-order chi connectivity index (χ0) is 37.9. The van der Waals surface area contributed by atoms with Crippen molar-refractivity contribution in [2.45, 2.75) is 172 Å². The minimum absolute atomic E-state index is 0.00161. The van der Waals surface area contributed by atoms with Crippen molar-refractivity contribution >= 4 is 39.1 Å². The van der Waals surface area contributed by atoms with Gasteiger partial charge < -0.3 is 15.5 Å². The predicted molar refractivity (Wildman–Crippen MR) is 202 cm³/mol. The monoisotopic (exact) mass is 743 g/mol. The first-order valence-corrected chi connectivity index (χ1v) is 22.0. The number of carbonyl (C=O) groups is 5. The molecule has 2 N–H and O–H groups in total. The predicted octanol–water partition coefficient (Wildman–Crippen LogP) is 6.65. The highest BCUT2D eigenvalue weighted by Gasteiger charge is 2.63. The molecule has 4 saturated carbocycles. The molecule has 10 nitrogen and oxygen atoms in total. The summed E-state index contributed by atoms with van der Waals surface area (Å²) in [6, 6.07) is -2.06. The van der Waals surface area contributed by atoms with E-state index in [1.165, 1.54) is 0 Å². The van der Waals surface area contributed by atoms with Crippen molar-refractivity contribution in [1.29, 1.82) is 0 Å². The number of hydrogen-bond donors (Lipinski definition) is 2. The van der Waals surface area contributed by atoms with Crippen LogP contribution in [0.25, 0.3) is 0 Å². The Morgan fingerprint density at radius 3 is 2.17 bits per heavy atom. The lowest BCUT2D eigenvalue weighted by molar-refractivity contribution is -0.143. The van der Waals surface area contributed by atoms with E-state index >= 15 is 0 Å². The minimum atomic E-state index is -3.55. The summed E-state index contributed by atoms with van der Waals surface area (Å²) in [5, 5.41) is 6.19. The van der Waals surface area contributed by atoms with E-state index in [1.54, 1.807) is 31.7 Å². The summed E-state index contributed by atoms with van der Waals surface area (Å²) in [5.74, 6) is -2.13. The van der Waals surface area contributed by atoms with Crippen LogP contribution in [-0.4, -0.2) is 77.3 Å². The number of sulfone groups is 1. The van der Waals surface area contributed by atoms with E-state index in [1.807, 2.05) is 6.92 Å². The lowest BCUT2D eigenvalue weighted by Crippen LogP contribution is -2.62. The van der Waals surface area contributed by atoms with Gasteiger partial charge in [-0.2, -0.15) is 0 Å². The molecule has 0 radical (unpaired) electrons. The van der Waals surface area contributed by atoms with E-state index in [0.29, 0.717) is 38.6 Å². The number of rotatable bonds is 16. The normalized spacial score (nSPS) is 26.6. The molecule has 0 aromatic carbocycles. The Balaban J connectivity index is 1.40. The molecule has 5 rings (SSSR count). The number of carbonyl (C=O) groups excluding carboxylic acids is 5. The van der Waals surface area contributed by atoms with E-state index in [-0.39, 0.29) is 53.5 Å². The van der Waals surface area contributed by atoms with Gasteiger partial charge in [-0.25, -0.2) is 13.2 Å². The van der Waals surface area contributed by atoms with Crippen LogP contribution in [-0.2, 0) is 29.0 Å². The minimum Gasteiger partial charge on any atom is -0.332 e. The molecule has 52 heavy (non-hydrogen) atoms. The largest absolute Gasteiger partial charge is 0.332 e. The molecule has 1 heterocycles. The highest BCUT2D eigenvalue weighted by atomic mass is 32.2. The van der Waals surface area contributed by atoms with Gasteiger partial charge in [0.1, 0.15) is 6.04 Å². The van der Waals surface area contributed by atoms with Gasteiger partial charge in [-0.1, -0.05) is 57.9 Å². The van der Waals surface area contributed by atoms with Gasteiger partial charge in [0, 0.05) is 25.3 Å². The average Bonchev–Trinajstić information content (AvgIpc) is 3.67. The number of amides is 3. The quantitative estimate of drug-likeness (QED) is 0.133. The SMILES string of the molecule is C=CCCC(=O)C(=O)C(CCC)CC(=O)[C@@H]1[C@H]2CCC3(CC3)[C@H]2CN1C(=O)[C@@H](NC(=O)NC1(CS(=O)(=O)C(C)(C)C)CCCCC1)C1CCCCC1. The van der Waals surface area contributed by atoms with Gasteiger partial charge in [-0.05, 0) is 108 Å². The Bertz CT molecular complexity index is 1470. The second-order valence-electron chi connectivity index (χ2n) is 18.1. The van der Waals surface area contributed by atoms with Gasteiger partial charge in [0.15, 0.2) is 21.4 Å². The number of nitrogens with one attached hydrogen (secondary N) is 2. The van der Waals surface area contributed by atoms with Gasteiger partial charge in [0.2, 0.25) is 11.7 Å². The smallest absolute Gasteiger partial charge is 0.315 e. The van der Waals surface area contributed by atoms with Crippen LogP contribution in [0.4, 0.5) is 4.79 Å². The first-order valence-electron chi connectivity index (χ1n) is 20.4. The van der Waals surface area contributed by atoms with Crippen molar-refractivity contribution in [3.63, 3.8) is 0 Å². The highest BCUT2D eigenvalue weighted by molar-refractivity contribution is 7.92. The Morgan fingerprint density at radius 1 is 0.923 bits per heavy atom. The fourth-order valence-electron chi connectivity index (χ4n) is 10.2. The van der Waals surface area contributed by atoms with Crippen LogP contribution in [0.15, 0.2) is 12.7 Å². The fourth-order valence-corrected chi connectivity index (χ4v) is 11.7. The Morgan fingerprint density at radius 2 is 1.58 bits per heavy atom. The molecule has 0 aromatic heterocycles. The maximum absolute atomic E-state index is 15.0. The third kappa shape index (κ3) is 8.86. The molecule has 5 aliphatic rings. The van der Waals surface area contributed by atoms with Crippen LogP contribution in [0, 0.1) is 29.1 Å². The van der Waals surface area contributed by atoms with Crippen molar-refractivity contribution in [1.82, 2.24) is 15.5 Å². The number of ketones is 3. The summed E-state index contributed by atoms with van der Waals surface area (Å²) in [5.41, 5.74) is -0.755. The number of nitrogens with zero attached hydrogens (tertiary/aromatic N) is 1. The number of allylic oxidation sites excluding steroid dienone is 1. The molecular weight excluding hydrogens is 679 g/mol. The lowest BCUT2D eigenvalue weighted by atomic mass is 9.81. The summed E-state index contributed by atoms with van der Waals surface area (Å²) < 4.78 is 25.9. The number of Topliss-reactive ketones (excluding diaryl/α,β-unsaturated/α-hetero) is 3. The standard InChI is InChI=1S/C41H65N3O7S/c1-6-8-18-32(45)36(47)29(15-7-2)25-33(46)35-30-19-22-40(23-24-40)31(30)26-44(35)37(48)34(28-16-11-9-12-17-28)42-38(49)43-41(20-13-10-14-21-41)27-52(50,51)39(3,4)5/h6,28-31,34-35H,1,7-27H2,2-5H3,(H2,42,43,49)/t29?,30-,31-,34-,35-/m0/s1. The van der Waals surface area contributed by atoms with Crippen molar-refractivity contribution in [2.75, 3.05) is 12.3 Å². The van der Waals surface area contributed by atoms with Crippen molar-refractivity contribution in [3.8, 4) is 0 Å². The molecule has 5 fully saturated rings. The molecule has 0 bridgehead atoms. The third-order valence-electron chi connectivity index (χ3n) is 13.5. The Labute approximate surface area is 312 Å². The molecule has 5 atom stereocenters. The van der Waals surface area contributed by atoms with E-state index in [4.69, 9.17) is 0 Å². The van der Waals surface area contributed by atoms with Crippen molar-refractivity contribution in [2.24, 2.45) is 29.1 Å². The summed E-state index contributed by atoms with van der Waals surface area (Å²) >= 11 is 0. The number of hydrogen-bond acceptors (Lipinski definition) is 7. The Hall–Kier alpha value is -2.56. The van der Waals surface area contributed by atoms with E-state index in [2.05, 4.69) is 17.2 Å². The van der Waals surface area contributed by atoms with Crippen molar-refractivity contribution in [3.05, 3.63) is 12.7 Å². The highest BCUT2D eigenvalue weighted by Crippen LogP contribution is 2.66. The number of fused-ring (bicyclic) bond motifs is 2. The average molecular weight is 744 g/mol. The van der Waals surface area contributed by atoms with Gasteiger partial charge in [-0.3, -0.25) is 19.2 Å². The molecule has 1 aliphatic heterocycles. The molecule has 4 aliphatic carbocycles. The zero-order valence-electron chi connectivity index (χ0n) is 32.3. The van der Waals surface area contributed by atoms with Gasteiger partial charge >= 0.3 is 6.03 Å². The fraction of sp³-hybridized carbons (Fsp3) is 0.829. The van der Waals surface area contributed by atoms with Crippen LogP contribution < -0.4 is 10.6 Å². The summed E-state index contributed by atoms with van der Waals surface area (Å²) in [6.07, 6.45) is 15.4. The van der Waals surface area contributed by atoms with Crippen LogP contribution in [0.3, 0.4) is 0 Å². The van der Waals surface area contributed by atoms with Crippen molar-refractivity contribution < 1.29 is 32.4 Å². The van der Waals surface area contributed by atoms with Crippen LogP contribution in [0.1, 0.15) is 150 Å². The van der Waals surface area contributed by atoms with E-state index < -0.39 is 55.7 Å². The molecule has 3 amide bonds. The Kier molecular flexibility index (Phi) is 12.8. The molecule has 1 saturated heterocycles. The molecule has 0 aromatic rings. The van der Waals surface area contributed by atoms with Gasteiger partial charge in [-0.15, -0.1) is 6.58 Å². The second-order valence-corrected chi connectivity index (χ2v) is 20.8. The van der Waals surface area contributed by atoms with E-state index in [9.17, 15) is 32.4 Å². The molecule has 1 spiro atoms. The van der Waals surface area contributed by atoms with Crippen LogP contribution in [0.5, 0.6) is 0 Å². The summed E-state index contributed by atoms with van der Waals surface area (Å²) in [7, 11) is -3.55.